The van der Waals surface area contributed by atoms with Gasteiger partial charge in [0.05, 0.1) is 5.75 Å². The van der Waals surface area contributed by atoms with Gasteiger partial charge in [-0.3, -0.25) is 0 Å². The maximum absolute atomic E-state index is 12.8. The number of phenolic OH excluding ortho intramolecular Hbond substituents is 1. The molecule has 0 aromatic heterocycles. The van der Waals surface area contributed by atoms with Crippen molar-refractivity contribution in [3.05, 3.63) is 65.5 Å². The van der Waals surface area contributed by atoms with Gasteiger partial charge in [-0.2, -0.15) is 0 Å². The van der Waals surface area contributed by atoms with Crippen molar-refractivity contribution < 1.29 is 17.9 Å². The van der Waals surface area contributed by atoms with Gasteiger partial charge in [0.15, 0.2) is 0 Å². The second-order valence-electron chi connectivity index (χ2n) is 5.05. The average Bonchev–Trinajstić information content (AvgIpc) is 2.46. The van der Waals surface area contributed by atoms with Crippen LogP contribution < -0.4 is 4.72 Å². The summed E-state index contributed by atoms with van der Waals surface area (Å²) < 4.78 is 39.1. The number of sulfonamides is 1. The monoisotopic (exact) mass is 323 g/mol. The molecule has 0 fully saturated rings. The number of benzene rings is 2. The summed E-state index contributed by atoms with van der Waals surface area (Å²) in [6.07, 6.45) is 1.31. The minimum atomic E-state index is -3.43. The normalized spacial score (nSPS) is 11.5. The summed E-state index contributed by atoms with van der Waals surface area (Å²) in [7, 11) is -3.43. The van der Waals surface area contributed by atoms with Crippen LogP contribution in [-0.2, 0) is 22.2 Å². The second-order valence-corrected chi connectivity index (χ2v) is 6.86. The lowest BCUT2D eigenvalue weighted by Crippen LogP contribution is -2.26. The van der Waals surface area contributed by atoms with E-state index in [-0.39, 0.29) is 17.3 Å². The van der Waals surface area contributed by atoms with Crippen molar-refractivity contribution in [2.24, 2.45) is 0 Å². The molecule has 2 rings (SSSR count). The Labute approximate surface area is 129 Å². The van der Waals surface area contributed by atoms with Crippen LogP contribution in [0.5, 0.6) is 5.75 Å². The number of aromatic hydroxyl groups is 1. The molecule has 0 atom stereocenters. The Kier molecular flexibility index (Phi) is 5.51. The van der Waals surface area contributed by atoms with E-state index in [2.05, 4.69) is 4.72 Å². The SMILES string of the molecule is O=S(=O)(Cc1ccc(F)cc1)NCCCc1cccc(O)c1. The minimum Gasteiger partial charge on any atom is -0.508 e. The number of halogens is 1. The van der Waals surface area contributed by atoms with Crippen LogP contribution in [0, 0.1) is 5.82 Å². The predicted octanol–water partition coefficient (Wildman–Crippen LogP) is 2.58. The van der Waals surface area contributed by atoms with E-state index in [1.807, 2.05) is 6.07 Å². The Morgan fingerprint density at radius 3 is 2.45 bits per heavy atom. The number of phenols is 1. The van der Waals surface area contributed by atoms with Gasteiger partial charge < -0.3 is 5.11 Å². The highest BCUT2D eigenvalue weighted by atomic mass is 32.2. The van der Waals surface area contributed by atoms with E-state index in [1.165, 1.54) is 24.3 Å². The molecule has 0 saturated carbocycles. The number of hydrogen-bond donors (Lipinski definition) is 2. The lowest BCUT2D eigenvalue weighted by molar-refractivity contribution is 0.474. The molecule has 0 bridgehead atoms. The van der Waals surface area contributed by atoms with Crippen molar-refractivity contribution in [3.8, 4) is 5.75 Å². The van der Waals surface area contributed by atoms with Crippen LogP contribution in [0.3, 0.4) is 0 Å². The van der Waals surface area contributed by atoms with E-state index < -0.39 is 10.0 Å². The van der Waals surface area contributed by atoms with Gasteiger partial charge in [-0.25, -0.2) is 17.5 Å². The van der Waals surface area contributed by atoms with Crippen LogP contribution in [0.1, 0.15) is 17.5 Å². The summed E-state index contributed by atoms with van der Waals surface area (Å²) in [4.78, 5) is 0. The zero-order valence-electron chi connectivity index (χ0n) is 12.0. The molecule has 2 aromatic carbocycles. The zero-order chi connectivity index (χ0) is 16.0. The number of rotatable bonds is 7. The van der Waals surface area contributed by atoms with E-state index in [0.717, 1.165) is 5.56 Å². The van der Waals surface area contributed by atoms with Gasteiger partial charge >= 0.3 is 0 Å². The van der Waals surface area contributed by atoms with Crippen LogP contribution in [0.4, 0.5) is 4.39 Å². The van der Waals surface area contributed by atoms with Gasteiger partial charge in [-0.15, -0.1) is 0 Å². The van der Waals surface area contributed by atoms with Crippen LogP contribution in [0.2, 0.25) is 0 Å². The van der Waals surface area contributed by atoms with Crippen LogP contribution in [0.25, 0.3) is 0 Å². The third kappa shape index (κ3) is 5.46. The summed E-state index contributed by atoms with van der Waals surface area (Å²) >= 11 is 0. The summed E-state index contributed by atoms with van der Waals surface area (Å²) in [6, 6.07) is 12.3. The molecule has 22 heavy (non-hydrogen) atoms. The van der Waals surface area contributed by atoms with Gasteiger partial charge in [0, 0.05) is 6.54 Å². The lowest BCUT2D eigenvalue weighted by atomic mass is 10.1. The molecule has 0 amide bonds. The first-order valence-corrected chi connectivity index (χ1v) is 8.59. The Morgan fingerprint density at radius 2 is 1.77 bits per heavy atom. The third-order valence-electron chi connectivity index (χ3n) is 3.14. The molecule has 2 N–H and O–H groups in total. The fourth-order valence-corrected chi connectivity index (χ4v) is 3.27. The molecule has 0 heterocycles. The standard InChI is InChI=1S/C16H18FNO3S/c17-15-8-6-14(7-9-15)12-22(20,21)18-10-2-4-13-3-1-5-16(19)11-13/h1,3,5-9,11,18-19H,2,4,10,12H2. The van der Waals surface area contributed by atoms with Gasteiger partial charge in [0.2, 0.25) is 10.0 Å². The number of nitrogens with one attached hydrogen (secondary N) is 1. The second kappa shape index (κ2) is 7.38. The van der Waals surface area contributed by atoms with Crippen molar-refractivity contribution in [3.63, 3.8) is 0 Å². The molecule has 118 valence electrons. The molecule has 0 radical (unpaired) electrons. The molecular weight excluding hydrogens is 305 g/mol. The molecule has 0 aliphatic rings. The van der Waals surface area contributed by atoms with Gasteiger partial charge in [-0.1, -0.05) is 24.3 Å². The molecular formula is C16H18FNO3S. The van der Waals surface area contributed by atoms with Crippen molar-refractivity contribution in [1.29, 1.82) is 0 Å². The zero-order valence-corrected chi connectivity index (χ0v) is 12.8. The minimum absolute atomic E-state index is 0.167. The summed E-state index contributed by atoms with van der Waals surface area (Å²) in [5, 5.41) is 9.34. The Balaban J connectivity index is 1.79. The quantitative estimate of drug-likeness (QED) is 0.770. The first kappa shape index (κ1) is 16.5. The van der Waals surface area contributed by atoms with Crippen molar-refractivity contribution in [1.82, 2.24) is 4.72 Å². The Morgan fingerprint density at radius 1 is 1.05 bits per heavy atom. The lowest BCUT2D eigenvalue weighted by Gasteiger charge is -2.07. The van der Waals surface area contributed by atoms with Gasteiger partial charge in [0.1, 0.15) is 11.6 Å². The highest BCUT2D eigenvalue weighted by Gasteiger charge is 2.10. The van der Waals surface area contributed by atoms with Crippen molar-refractivity contribution in [2.75, 3.05) is 6.54 Å². The maximum atomic E-state index is 12.8. The topological polar surface area (TPSA) is 66.4 Å². The van der Waals surface area contributed by atoms with Crippen LogP contribution in [0.15, 0.2) is 48.5 Å². The molecule has 4 nitrogen and oxygen atoms in total. The highest BCUT2D eigenvalue weighted by molar-refractivity contribution is 7.88. The Bertz CT molecular complexity index is 714. The molecule has 0 spiro atoms. The third-order valence-corrected chi connectivity index (χ3v) is 4.50. The number of hydrogen-bond acceptors (Lipinski definition) is 3. The summed E-state index contributed by atoms with van der Waals surface area (Å²) in [5.74, 6) is -0.353. The van der Waals surface area contributed by atoms with Crippen molar-refractivity contribution >= 4 is 10.0 Å². The molecule has 0 aliphatic carbocycles. The predicted molar refractivity (Wildman–Crippen MR) is 83.5 cm³/mol. The van der Waals surface area contributed by atoms with Crippen molar-refractivity contribution in [2.45, 2.75) is 18.6 Å². The van der Waals surface area contributed by atoms with E-state index >= 15 is 0 Å². The van der Waals surface area contributed by atoms with E-state index in [1.54, 1.807) is 18.2 Å². The average molecular weight is 323 g/mol. The van der Waals surface area contributed by atoms with Gasteiger partial charge in [0.25, 0.3) is 0 Å². The van der Waals surface area contributed by atoms with E-state index in [9.17, 15) is 17.9 Å². The Hall–Kier alpha value is -1.92. The maximum Gasteiger partial charge on any atom is 0.215 e. The molecule has 2 aromatic rings. The van der Waals surface area contributed by atoms with E-state index in [0.29, 0.717) is 24.9 Å². The van der Waals surface area contributed by atoms with Crippen LogP contribution in [-0.4, -0.2) is 20.1 Å². The summed E-state index contributed by atoms with van der Waals surface area (Å²) in [6.45, 7) is 0.319. The molecule has 0 aliphatic heterocycles. The smallest absolute Gasteiger partial charge is 0.215 e. The highest BCUT2D eigenvalue weighted by Crippen LogP contribution is 2.12. The first-order chi connectivity index (χ1) is 10.4. The van der Waals surface area contributed by atoms with Crippen LogP contribution >= 0.6 is 0 Å². The van der Waals surface area contributed by atoms with Gasteiger partial charge in [-0.05, 0) is 48.2 Å². The molecule has 0 unspecified atom stereocenters. The largest absolute Gasteiger partial charge is 0.508 e. The molecule has 6 heteroatoms. The summed E-state index contributed by atoms with van der Waals surface area (Å²) in [5.41, 5.74) is 1.50. The fourth-order valence-electron chi connectivity index (χ4n) is 2.08. The first-order valence-electron chi connectivity index (χ1n) is 6.94. The fraction of sp³-hybridized carbons (Fsp3) is 0.250. The molecule has 0 saturated heterocycles. The van der Waals surface area contributed by atoms with E-state index in [4.69, 9.17) is 0 Å². The number of aryl methyl sites for hydroxylation is 1.